The van der Waals surface area contributed by atoms with Crippen LogP contribution in [0.5, 0.6) is 0 Å². The first-order chi connectivity index (χ1) is 10.3. The molecule has 0 spiro atoms. The lowest BCUT2D eigenvalue weighted by Gasteiger charge is -2.13. The van der Waals surface area contributed by atoms with Gasteiger partial charge in [0.05, 0.1) is 12.2 Å². The Hall–Kier alpha value is -2.82. The van der Waals surface area contributed by atoms with E-state index in [0.29, 0.717) is 12.2 Å². The predicted octanol–water partition coefficient (Wildman–Crippen LogP) is 3.19. The van der Waals surface area contributed by atoms with Gasteiger partial charge in [0.1, 0.15) is 0 Å². The molecule has 5 heteroatoms. The van der Waals surface area contributed by atoms with E-state index in [1.54, 1.807) is 0 Å². The molecule has 0 unspecified atom stereocenters. The summed E-state index contributed by atoms with van der Waals surface area (Å²) in [5.41, 5.74) is 10.5. The Morgan fingerprint density at radius 1 is 1.14 bits per heavy atom. The van der Waals surface area contributed by atoms with Gasteiger partial charge in [-0.2, -0.15) is 0 Å². The standard InChI is InChI=1S/C16H14N4O/c17-16(20-21)19-15-4-2-1-3-14(15)12-6-5-11-7-8-18-10-13(11)9-12/h1-6,8-9H,7,10H2,(H2,17,19). The van der Waals surface area contributed by atoms with Crippen molar-refractivity contribution >= 4 is 17.9 Å². The second kappa shape index (κ2) is 5.66. The summed E-state index contributed by atoms with van der Waals surface area (Å²) >= 11 is 0. The Balaban J connectivity index is 2.07. The largest absolute Gasteiger partial charge is 0.365 e. The number of hydrogen-bond acceptors (Lipinski definition) is 3. The molecular formula is C16H14N4O. The number of fused-ring (bicyclic) bond motifs is 1. The van der Waals surface area contributed by atoms with E-state index in [-0.39, 0.29) is 5.96 Å². The van der Waals surface area contributed by atoms with E-state index in [0.717, 1.165) is 17.5 Å². The molecule has 3 rings (SSSR count). The van der Waals surface area contributed by atoms with Gasteiger partial charge in [0.2, 0.25) is 0 Å². The van der Waals surface area contributed by atoms with Gasteiger partial charge in [0, 0.05) is 23.4 Å². The molecule has 0 bridgehead atoms. The van der Waals surface area contributed by atoms with Gasteiger partial charge >= 0.3 is 0 Å². The van der Waals surface area contributed by atoms with Crippen LogP contribution in [0.1, 0.15) is 11.1 Å². The average molecular weight is 278 g/mol. The SMILES string of the molecule is NC(N=O)=Nc1ccccc1-c1ccc2c(c1)CN=CC2. The fourth-order valence-electron chi connectivity index (χ4n) is 2.42. The number of rotatable bonds is 2. The highest BCUT2D eigenvalue weighted by Gasteiger charge is 2.10. The molecule has 1 aliphatic heterocycles. The van der Waals surface area contributed by atoms with Crippen LogP contribution in [0.15, 0.2) is 57.6 Å². The third-order valence-electron chi connectivity index (χ3n) is 3.45. The van der Waals surface area contributed by atoms with Crippen LogP contribution in [0.4, 0.5) is 5.69 Å². The number of benzene rings is 2. The smallest absolute Gasteiger partial charge is 0.262 e. The molecule has 0 atom stereocenters. The van der Waals surface area contributed by atoms with Crippen LogP contribution >= 0.6 is 0 Å². The van der Waals surface area contributed by atoms with Gasteiger partial charge in [-0.05, 0) is 28.8 Å². The van der Waals surface area contributed by atoms with Gasteiger partial charge in [-0.25, -0.2) is 4.99 Å². The van der Waals surface area contributed by atoms with E-state index < -0.39 is 0 Å². The normalized spacial score (nSPS) is 13.8. The summed E-state index contributed by atoms with van der Waals surface area (Å²) in [4.78, 5) is 18.8. The fraction of sp³-hybridized carbons (Fsp3) is 0.125. The number of aliphatic imine (C=N–C) groups is 2. The Bertz CT molecular complexity index is 750. The van der Waals surface area contributed by atoms with E-state index >= 15 is 0 Å². The molecule has 1 aliphatic rings. The summed E-state index contributed by atoms with van der Waals surface area (Å²) < 4.78 is 0. The van der Waals surface area contributed by atoms with Crippen LogP contribution < -0.4 is 5.73 Å². The minimum absolute atomic E-state index is 0.273. The summed E-state index contributed by atoms with van der Waals surface area (Å²) in [5.74, 6) is -0.273. The second-order valence-corrected chi connectivity index (χ2v) is 4.79. The van der Waals surface area contributed by atoms with E-state index in [4.69, 9.17) is 5.73 Å². The van der Waals surface area contributed by atoms with E-state index in [9.17, 15) is 4.91 Å². The quantitative estimate of drug-likeness (QED) is 0.520. The highest BCUT2D eigenvalue weighted by molar-refractivity contribution is 5.86. The number of para-hydroxylation sites is 1. The molecule has 0 saturated heterocycles. The molecule has 0 radical (unpaired) electrons. The minimum Gasteiger partial charge on any atom is -0.365 e. The number of hydrogen-bond donors (Lipinski definition) is 1. The number of nitrogens with zero attached hydrogens (tertiary/aromatic N) is 3. The van der Waals surface area contributed by atoms with Crippen molar-refractivity contribution in [1.82, 2.24) is 0 Å². The average Bonchev–Trinajstić information content (AvgIpc) is 2.55. The maximum atomic E-state index is 10.4. The first-order valence-electron chi connectivity index (χ1n) is 6.65. The zero-order chi connectivity index (χ0) is 14.7. The Morgan fingerprint density at radius 2 is 2.00 bits per heavy atom. The lowest BCUT2D eigenvalue weighted by Crippen LogP contribution is -2.05. The van der Waals surface area contributed by atoms with Gasteiger partial charge in [-0.15, -0.1) is 4.91 Å². The third kappa shape index (κ3) is 2.72. The molecule has 2 N–H and O–H groups in total. The third-order valence-corrected chi connectivity index (χ3v) is 3.45. The first kappa shape index (κ1) is 13.2. The zero-order valence-electron chi connectivity index (χ0n) is 11.4. The van der Waals surface area contributed by atoms with E-state index in [1.807, 2.05) is 30.5 Å². The van der Waals surface area contributed by atoms with Crippen molar-refractivity contribution in [2.45, 2.75) is 13.0 Å². The monoisotopic (exact) mass is 278 g/mol. The van der Waals surface area contributed by atoms with Crippen molar-refractivity contribution in [3.63, 3.8) is 0 Å². The van der Waals surface area contributed by atoms with E-state index in [1.165, 1.54) is 11.1 Å². The summed E-state index contributed by atoms with van der Waals surface area (Å²) in [6.45, 7) is 0.701. The molecule has 0 aliphatic carbocycles. The second-order valence-electron chi connectivity index (χ2n) is 4.79. The lowest BCUT2D eigenvalue weighted by atomic mass is 9.96. The molecule has 0 amide bonds. The molecule has 2 aromatic carbocycles. The van der Waals surface area contributed by atoms with Crippen molar-refractivity contribution in [1.29, 1.82) is 0 Å². The van der Waals surface area contributed by atoms with E-state index in [2.05, 4.69) is 33.4 Å². The van der Waals surface area contributed by atoms with Gasteiger partial charge in [-0.3, -0.25) is 4.99 Å². The lowest BCUT2D eigenvalue weighted by molar-refractivity contribution is 1.01. The summed E-state index contributed by atoms with van der Waals surface area (Å²) in [5, 5.41) is 2.65. The molecule has 21 heavy (non-hydrogen) atoms. The molecule has 0 saturated carbocycles. The van der Waals surface area contributed by atoms with Gasteiger partial charge < -0.3 is 5.73 Å². The van der Waals surface area contributed by atoms with Gasteiger partial charge in [-0.1, -0.05) is 30.3 Å². The summed E-state index contributed by atoms with van der Waals surface area (Å²) in [6, 6.07) is 13.8. The molecule has 2 aromatic rings. The maximum Gasteiger partial charge on any atom is 0.262 e. The van der Waals surface area contributed by atoms with Crippen molar-refractivity contribution in [3.05, 3.63) is 58.5 Å². The molecule has 1 heterocycles. The topological polar surface area (TPSA) is 80.2 Å². The molecular weight excluding hydrogens is 264 g/mol. The van der Waals surface area contributed by atoms with Crippen molar-refractivity contribution in [3.8, 4) is 11.1 Å². The molecule has 0 fully saturated rings. The van der Waals surface area contributed by atoms with Crippen LogP contribution in [0.2, 0.25) is 0 Å². The minimum atomic E-state index is -0.273. The Morgan fingerprint density at radius 3 is 2.86 bits per heavy atom. The highest BCUT2D eigenvalue weighted by Crippen LogP contribution is 2.32. The van der Waals surface area contributed by atoms with Crippen LogP contribution in [0.25, 0.3) is 11.1 Å². The van der Waals surface area contributed by atoms with Gasteiger partial charge in [0.15, 0.2) is 0 Å². The number of nitrogens with two attached hydrogens (primary N) is 1. The van der Waals surface area contributed by atoms with Crippen LogP contribution in [-0.4, -0.2) is 12.2 Å². The maximum absolute atomic E-state index is 10.4. The Kier molecular flexibility index (Phi) is 3.55. The molecule has 0 aromatic heterocycles. The van der Waals surface area contributed by atoms with Crippen LogP contribution in [0.3, 0.4) is 0 Å². The summed E-state index contributed by atoms with van der Waals surface area (Å²) in [6.07, 6.45) is 2.81. The van der Waals surface area contributed by atoms with Crippen LogP contribution in [0, 0.1) is 4.91 Å². The van der Waals surface area contributed by atoms with Crippen molar-refractivity contribution in [2.75, 3.05) is 0 Å². The number of guanidine groups is 1. The summed E-state index contributed by atoms with van der Waals surface area (Å²) in [7, 11) is 0. The molecule has 5 nitrogen and oxygen atoms in total. The van der Waals surface area contributed by atoms with Crippen LogP contribution in [-0.2, 0) is 13.0 Å². The fourth-order valence-corrected chi connectivity index (χ4v) is 2.42. The van der Waals surface area contributed by atoms with Crippen molar-refractivity contribution in [2.24, 2.45) is 20.9 Å². The van der Waals surface area contributed by atoms with Crippen molar-refractivity contribution < 1.29 is 0 Å². The number of nitroso groups, excluding NO2 is 1. The molecule has 104 valence electrons. The highest BCUT2D eigenvalue weighted by atomic mass is 16.3. The Labute approximate surface area is 122 Å². The zero-order valence-corrected chi connectivity index (χ0v) is 11.4. The van der Waals surface area contributed by atoms with Gasteiger partial charge in [0.25, 0.3) is 5.96 Å². The first-order valence-corrected chi connectivity index (χ1v) is 6.65. The predicted molar refractivity (Wildman–Crippen MR) is 84.9 cm³/mol.